The zero-order valence-electron chi connectivity index (χ0n) is 21.0. The number of aliphatic imine (C=N–C) groups is 1. The van der Waals surface area contributed by atoms with Gasteiger partial charge < -0.3 is 15.0 Å². The summed E-state index contributed by atoms with van der Waals surface area (Å²) in [6, 6.07) is 17.1. The lowest BCUT2D eigenvalue weighted by Gasteiger charge is -2.38. The number of carbonyl (C=O) groups excluding carboxylic acids is 1. The average Bonchev–Trinajstić information content (AvgIpc) is 2.89. The van der Waals surface area contributed by atoms with Crippen molar-refractivity contribution >= 4 is 17.5 Å². The molecule has 0 spiro atoms. The number of piperidine rings is 1. The average molecular weight is 489 g/mol. The molecule has 0 aliphatic carbocycles. The number of Topliss-reactive ketones (excluding diaryl/α,β-unsaturated/α-hetero) is 1. The van der Waals surface area contributed by atoms with E-state index in [1.807, 2.05) is 59.5 Å². The number of rotatable bonds is 8. The molecule has 2 aliphatic rings. The molecule has 2 aliphatic heterocycles. The number of nitrogens with one attached hydrogen (secondary N) is 4. The quantitative estimate of drug-likeness (QED) is 0.256. The van der Waals surface area contributed by atoms with Gasteiger partial charge in [-0.25, -0.2) is 0 Å². The molecule has 2 heterocycles. The second-order valence-electron chi connectivity index (χ2n) is 9.50. The van der Waals surface area contributed by atoms with Gasteiger partial charge in [-0.15, -0.1) is 0 Å². The highest BCUT2D eigenvalue weighted by atomic mass is 16.5. The molecule has 0 radical (unpaired) electrons. The number of hydrogen-bond acceptors (Lipinski definition) is 7. The molecule has 4 rings (SSSR count). The Bertz CT molecular complexity index is 1080. The normalized spacial score (nSPS) is 22.0. The van der Waals surface area contributed by atoms with Crippen LogP contribution in [0.3, 0.4) is 0 Å². The molecule has 2 aromatic carbocycles. The summed E-state index contributed by atoms with van der Waals surface area (Å²) in [6.45, 7) is 9.82. The first kappa shape index (κ1) is 25.6. The Hall–Kier alpha value is -3.49. The highest BCUT2D eigenvalue weighted by molar-refractivity contribution is 6.12. The Morgan fingerprint density at radius 2 is 1.92 bits per heavy atom. The number of ether oxygens (including phenoxy) is 1. The smallest absolute Gasteiger partial charge is 0.176 e. The molecule has 1 fully saturated rings. The van der Waals surface area contributed by atoms with Crippen molar-refractivity contribution in [2.45, 2.75) is 44.9 Å². The second-order valence-corrected chi connectivity index (χ2v) is 9.50. The molecule has 2 aromatic rings. The molecule has 4 N–H and O–H groups in total. The lowest BCUT2D eigenvalue weighted by Crippen LogP contribution is -2.62. The van der Waals surface area contributed by atoms with E-state index in [-0.39, 0.29) is 24.0 Å². The van der Waals surface area contributed by atoms with Crippen molar-refractivity contribution in [3.8, 4) is 11.5 Å². The molecule has 0 saturated carbocycles. The van der Waals surface area contributed by atoms with Crippen LogP contribution in [0.4, 0.5) is 0 Å². The zero-order valence-corrected chi connectivity index (χ0v) is 21.0. The number of likely N-dealkylation sites (tertiary alicyclic amines) is 1. The molecular formula is C28H36N6O2. The Labute approximate surface area is 213 Å². The summed E-state index contributed by atoms with van der Waals surface area (Å²) in [7, 11) is 0. The number of benzene rings is 2. The maximum absolute atomic E-state index is 13.8. The Kier molecular flexibility index (Phi) is 8.51. The summed E-state index contributed by atoms with van der Waals surface area (Å²) in [5.74, 6) is 2.03. The van der Waals surface area contributed by atoms with Crippen LogP contribution in [0.15, 0.2) is 72.2 Å². The van der Waals surface area contributed by atoms with Gasteiger partial charge in [-0.2, -0.15) is 0 Å². The van der Waals surface area contributed by atoms with Crippen LogP contribution in [0.2, 0.25) is 0 Å². The van der Waals surface area contributed by atoms with E-state index in [0.717, 1.165) is 25.1 Å². The van der Waals surface area contributed by atoms with Gasteiger partial charge in [0, 0.05) is 30.7 Å². The van der Waals surface area contributed by atoms with Gasteiger partial charge in [-0.3, -0.25) is 25.8 Å². The van der Waals surface area contributed by atoms with Crippen LogP contribution >= 0.6 is 0 Å². The van der Waals surface area contributed by atoms with Crippen LogP contribution in [0, 0.1) is 11.3 Å². The number of carbonyl (C=O) groups is 1. The summed E-state index contributed by atoms with van der Waals surface area (Å²) >= 11 is 0. The summed E-state index contributed by atoms with van der Waals surface area (Å²) in [4.78, 5) is 20.5. The van der Waals surface area contributed by atoms with E-state index >= 15 is 0 Å². The number of para-hydroxylation sites is 1. The Morgan fingerprint density at radius 3 is 2.61 bits per heavy atom. The first-order valence-corrected chi connectivity index (χ1v) is 12.6. The highest BCUT2D eigenvalue weighted by Crippen LogP contribution is 2.24. The molecule has 3 atom stereocenters. The van der Waals surface area contributed by atoms with Crippen LogP contribution in [0.5, 0.6) is 11.5 Å². The van der Waals surface area contributed by atoms with Gasteiger partial charge in [-0.1, -0.05) is 24.8 Å². The Balaban J connectivity index is 1.52. The number of hydrogen-bond donors (Lipinski definition) is 4. The van der Waals surface area contributed by atoms with Gasteiger partial charge in [0.2, 0.25) is 0 Å². The van der Waals surface area contributed by atoms with E-state index in [2.05, 4.69) is 41.4 Å². The molecule has 36 heavy (non-hydrogen) atoms. The molecular weight excluding hydrogens is 452 g/mol. The topological polar surface area (TPSA) is 102 Å². The minimum absolute atomic E-state index is 0.00985. The summed E-state index contributed by atoms with van der Waals surface area (Å²) < 4.78 is 5.89. The molecule has 1 saturated heterocycles. The second kappa shape index (κ2) is 12.0. The fourth-order valence-electron chi connectivity index (χ4n) is 4.67. The minimum Gasteiger partial charge on any atom is -0.457 e. The first-order valence-electron chi connectivity index (χ1n) is 12.6. The predicted octanol–water partition coefficient (Wildman–Crippen LogP) is 3.78. The third-order valence-corrected chi connectivity index (χ3v) is 6.41. The molecule has 8 nitrogen and oxygen atoms in total. The van der Waals surface area contributed by atoms with Crippen molar-refractivity contribution in [1.82, 2.24) is 20.9 Å². The largest absolute Gasteiger partial charge is 0.457 e. The fraction of sp³-hybridized carbons (Fsp3) is 0.393. The maximum Gasteiger partial charge on any atom is 0.176 e. The molecule has 8 heteroatoms. The van der Waals surface area contributed by atoms with E-state index < -0.39 is 5.92 Å². The van der Waals surface area contributed by atoms with Crippen LogP contribution in [0.1, 0.15) is 37.0 Å². The van der Waals surface area contributed by atoms with E-state index in [0.29, 0.717) is 36.2 Å². The van der Waals surface area contributed by atoms with Crippen molar-refractivity contribution < 1.29 is 9.53 Å². The van der Waals surface area contributed by atoms with Gasteiger partial charge in [0.25, 0.3) is 0 Å². The van der Waals surface area contributed by atoms with E-state index in [4.69, 9.17) is 10.1 Å². The maximum atomic E-state index is 13.8. The van der Waals surface area contributed by atoms with Crippen LogP contribution in [-0.4, -0.2) is 60.4 Å². The Morgan fingerprint density at radius 1 is 1.19 bits per heavy atom. The predicted molar refractivity (Wildman–Crippen MR) is 144 cm³/mol. The van der Waals surface area contributed by atoms with Crippen LogP contribution < -0.4 is 20.7 Å². The molecule has 0 amide bonds. The molecule has 3 unspecified atom stereocenters. The van der Waals surface area contributed by atoms with E-state index in [9.17, 15) is 4.79 Å². The zero-order chi connectivity index (χ0) is 25.5. The van der Waals surface area contributed by atoms with Gasteiger partial charge in [-0.05, 0) is 69.2 Å². The fourth-order valence-corrected chi connectivity index (χ4v) is 4.67. The number of amidine groups is 2. The van der Waals surface area contributed by atoms with Gasteiger partial charge in [0.15, 0.2) is 5.78 Å². The third kappa shape index (κ3) is 6.38. The lowest BCUT2D eigenvalue weighted by atomic mass is 9.91. The molecule has 0 bridgehead atoms. The summed E-state index contributed by atoms with van der Waals surface area (Å²) in [6.07, 6.45) is 3.25. The van der Waals surface area contributed by atoms with Crippen molar-refractivity contribution in [3.05, 3.63) is 72.8 Å². The minimum atomic E-state index is -0.503. The van der Waals surface area contributed by atoms with E-state index in [1.54, 1.807) is 6.08 Å². The van der Waals surface area contributed by atoms with Crippen LogP contribution in [0.25, 0.3) is 0 Å². The van der Waals surface area contributed by atoms with E-state index in [1.165, 1.54) is 0 Å². The highest BCUT2D eigenvalue weighted by Gasteiger charge is 2.37. The van der Waals surface area contributed by atoms with Gasteiger partial charge in [0.05, 0.1) is 12.8 Å². The molecule has 0 aromatic heterocycles. The number of nitrogens with zero attached hydrogens (tertiary/aromatic N) is 2. The van der Waals surface area contributed by atoms with Crippen molar-refractivity contribution in [2.24, 2.45) is 10.9 Å². The SMILES string of the molecule is C=CC(=N)N1CCCC(NC2=NCNC(NC(C)C)C2C(=O)c2ccc(Oc3ccccc3)cc2)C1. The number of ketones is 1. The summed E-state index contributed by atoms with van der Waals surface area (Å²) in [5, 5.41) is 18.5. The summed E-state index contributed by atoms with van der Waals surface area (Å²) in [5.41, 5.74) is 0.605. The standard InChI is InChI=1S/C28H36N6O2/c1-4-24(29)34-16-8-9-21(17-34)33-28-25(27(30-18-31-28)32-19(2)3)26(35)20-12-14-23(15-13-20)36-22-10-6-5-7-11-22/h4-7,10-15,19,21,25,27,29-30,32H,1,8-9,16-18H2,2-3H3,(H,31,33). The lowest BCUT2D eigenvalue weighted by molar-refractivity contribution is 0.0912. The molecule has 190 valence electrons. The van der Waals surface area contributed by atoms with Crippen molar-refractivity contribution in [3.63, 3.8) is 0 Å². The first-order chi connectivity index (χ1) is 17.4. The van der Waals surface area contributed by atoms with Crippen molar-refractivity contribution in [1.29, 1.82) is 5.41 Å². The van der Waals surface area contributed by atoms with Crippen molar-refractivity contribution in [2.75, 3.05) is 19.8 Å². The third-order valence-electron chi connectivity index (χ3n) is 6.41. The van der Waals surface area contributed by atoms with Crippen LogP contribution in [-0.2, 0) is 0 Å². The van der Waals surface area contributed by atoms with Gasteiger partial charge >= 0.3 is 0 Å². The monoisotopic (exact) mass is 488 g/mol. The van der Waals surface area contributed by atoms with Gasteiger partial charge in [0.1, 0.15) is 29.1 Å².